The molecule has 1 aliphatic heterocycles. The molecule has 0 saturated carbocycles. The number of halogens is 3. The molecule has 1 amide bonds. The average molecular weight is 399 g/mol. The predicted molar refractivity (Wildman–Crippen MR) is 99.9 cm³/mol. The van der Waals surface area contributed by atoms with Gasteiger partial charge in [0, 0.05) is 44.2 Å². The number of hydrogen-bond donors (Lipinski definition) is 0. The van der Waals surface area contributed by atoms with E-state index >= 15 is 0 Å². The van der Waals surface area contributed by atoms with Gasteiger partial charge in [-0.2, -0.15) is 5.10 Å². The highest BCUT2D eigenvalue weighted by Crippen LogP contribution is 2.20. The molecular formula is C18H21Cl2FN4O. The van der Waals surface area contributed by atoms with Crippen LogP contribution in [0.5, 0.6) is 0 Å². The number of carbonyl (C=O) groups excluding carboxylic acids is 1. The molecular weight excluding hydrogens is 378 g/mol. The highest BCUT2D eigenvalue weighted by Gasteiger charge is 2.21. The van der Waals surface area contributed by atoms with Gasteiger partial charge in [-0.15, -0.1) is 0 Å². The fourth-order valence-electron chi connectivity index (χ4n) is 3.05. The number of aryl methyl sites for hydroxylation is 1. The van der Waals surface area contributed by atoms with Crippen LogP contribution in [0, 0.1) is 12.7 Å². The van der Waals surface area contributed by atoms with Crippen molar-refractivity contribution in [3.8, 4) is 0 Å². The highest BCUT2D eigenvalue weighted by atomic mass is 35.5. The SMILES string of the molecule is Cc1c(Cl)cnn1CCC(=O)N1CCN(Cc2ccc(F)cc2Cl)CC1. The number of amides is 1. The van der Waals surface area contributed by atoms with Gasteiger partial charge in [-0.25, -0.2) is 4.39 Å². The van der Waals surface area contributed by atoms with E-state index in [2.05, 4.69) is 10.00 Å². The van der Waals surface area contributed by atoms with Crippen LogP contribution in [0.3, 0.4) is 0 Å². The van der Waals surface area contributed by atoms with Crippen LogP contribution in [0.25, 0.3) is 0 Å². The van der Waals surface area contributed by atoms with Gasteiger partial charge < -0.3 is 4.90 Å². The van der Waals surface area contributed by atoms with E-state index in [0.717, 1.165) is 24.3 Å². The summed E-state index contributed by atoms with van der Waals surface area (Å²) >= 11 is 12.1. The molecule has 5 nitrogen and oxygen atoms in total. The maximum atomic E-state index is 13.1. The van der Waals surface area contributed by atoms with Gasteiger partial charge >= 0.3 is 0 Å². The molecule has 0 radical (unpaired) electrons. The van der Waals surface area contributed by atoms with Crippen LogP contribution in [0.2, 0.25) is 10.0 Å². The second-order valence-electron chi connectivity index (χ2n) is 6.44. The molecule has 1 aromatic carbocycles. The number of carbonyl (C=O) groups is 1. The third kappa shape index (κ3) is 4.55. The molecule has 1 aromatic heterocycles. The van der Waals surface area contributed by atoms with Crippen LogP contribution in [-0.2, 0) is 17.9 Å². The Bertz CT molecular complexity index is 787. The lowest BCUT2D eigenvalue weighted by atomic mass is 10.2. The Balaban J connectivity index is 1.47. The van der Waals surface area contributed by atoms with E-state index in [4.69, 9.17) is 23.2 Å². The molecule has 140 valence electrons. The van der Waals surface area contributed by atoms with E-state index in [9.17, 15) is 9.18 Å². The Morgan fingerprint density at radius 3 is 2.54 bits per heavy atom. The van der Waals surface area contributed by atoms with Gasteiger partial charge in [-0.3, -0.25) is 14.4 Å². The van der Waals surface area contributed by atoms with Crippen molar-refractivity contribution in [3.05, 3.63) is 51.5 Å². The monoisotopic (exact) mass is 398 g/mol. The first-order valence-electron chi connectivity index (χ1n) is 8.56. The van der Waals surface area contributed by atoms with E-state index in [1.54, 1.807) is 16.9 Å². The Labute approximate surface area is 162 Å². The second-order valence-corrected chi connectivity index (χ2v) is 7.26. The molecule has 8 heteroatoms. The van der Waals surface area contributed by atoms with Crippen LogP contribution in [0.1, 0.15) is 17.7 Å². The normalized spacial score (nSPS) is 15.5. The Morgan fingerprint density at radius 1 is 1.19 bits per heavy atom. The summed E-state index contributed by atoms with van der Waals surface area (Å²) < 4.78 is 14.9. The number of hydrogen-bond acceptors (Lipinski definition) is 3. The van der Waals surface area contributed by atoms with Crippen molar-refractivity contribution >= 4 is 29.1 Å². The van der Waals surface area contributed by atoms with Crippen LogP contribution >= 0.6 is 23.2 Å². The molecule has 1 fully saturated rings. The predicted octanol–water partition coefficient (Wildman–Crippen LogP) is 3.37. The van der Waals surface area contributed by atoms with Gasteiger partial charge in [0.25, 0.3) is 0 Å². The van der Waals surface area contributed by atoms with Gasteiger partial charge in [-0.1, -0.05) is 29.3 Å². The first-order chi connectivity index (χ1) is 12.4. The lowest BCUT2D eigenvalue weighted by Crippen LogP contribution is -2.48. The molecule has 0 unspecified atom stereocenters. The fourth-order valence-corrected chi connectivity index (χ4v) is 3.42. The van der Waals surface area contributed by atoms with E-state index in [1.807, 2.05) is 11.8 Å². The van der Waals surface area contributed by atoms with Crippen LogP contribution < -0.4 is 0 Å². The number of aromatic nitrogens is 2. The smallest absolute Gasteiger partial charge is 0.224 e. The van der Waals surface area contributed by atoms with Gasteiger partial charge in [0.1, 0.15) is 5.82 Å². The molecule has 3 rings (SSSR count). The summed E-state index contributed by atoms with van der Waals surface area (Å²) in [6, 6.07) is 4.47. The molecule has 1 aliphatic rings. The molecule has 0 bridgehead atoms. The number of nitrogens with zero attached hydrogens (tertiary/aromatic N) is 4. The van der Waals surface area contributed by atoms with E-state index in [0.29, 0.717) is 42.6 Å². The summed E-state index contributed by atoms with van der Waals surface area (Å²) in [6.45, 7) is 5.97. The quantitative estimate of drug-likeness (QED) is 0.774. The van der Waals surface area contributed by atoms with Crippen LogP contribution in [0.15, 0.2) is 24.4 Å². The Kier molecular flexibility index (Phi) is 6.16. The third-order valence-corrected chi connectivity index (χ3v) is 5.44. The second kappa shape index (κ2) is 8.37. The van der Waals surface area contributed by atoms with Crippen LogP contribution in [0.4, 0.5) is 4.39 Å². The van der Waals surface area contributed by atoms with Crippen molar-refractivity contribution in [2.24, 2.45) is 0 Å². The maximum Gasteiger partial charge on any atom is 0.224 e. The zero-order valence-corrected chi connectivity index (χ0v) is 16.1. The number of piperazine rings is 1. The molecule has 0 aliphatic carbocycles. The van der Waals surface area contributed by atoms with E-state index < -0.39 is 0 Å². The summed E-state index contributed by atoms with van der Waals surface area (Å²) in [4.78, 5) is 16.5. The fraction of sp³-hybridized carbons (Fsp3) is 0.444. The van der Waals surface area contributed by atoms with Crippen molar-refractivity contribution in [1.29, 1.82) is 0 Å². The topological polar surface area (TPSA) is 41.4 Å². The van der Waals surface area contributed by atoms with Crippen molar-refractivity contribution in [3.63, 3.8) is 0 Å². The first kappa shape index (κ1) is 19.1. The minimum absolute atomic E-state index is 0.121. The molecule has 0 atom stereocenters. The van der Waals surface area contributed by atoms with Crippen molar-refractivity contribution in [2.45, 2.75) is 26.4 Å². The molecule has 0 N–H and O–H groups in total. The molecule has 2 aromatic rings. The first-order valence-corrected chi connectivity index (χ1v) is 9.31. The largest absolute Gasteiger partial charge is 0.340 e. The average Bonchev–Trinajstić information content (AvgIpc) is 2.94. The lowest BCUT2D eigenvalue weighted by Gasteiger charge is -2.35. The Hall–Kier alpha value is -1.63. The van der Waals surface area contributed by atoms with Crippen molar-refractivity contribution in [1.82, 2.24) is 19.6 Å². The van der Waals surface area contributed by atoms with Crippen LogP contribution in [-0.4, -0.2) is 51.7 Å². The summed E-state index contributed by atoms with van der Waals surface area (Å²) in [5, 5.41) is 5.23. The van der Waals surface area contributed by atoms with Crippen molar-refractivity contribution in [2.75, 3.05) is 26.2 Å². The summed E-state index contributed by atoms with van der Waals surface area (Å²) in [7, 11) is 0. The van der Waals surface area contributed by atoms with Gasteiger partial charge in [0.05, 0.1) is 23.5 Å². The Morgan fingerprint density at radius 2 is 1.92 bits per heavy atom. The maximum absolute atomic E-state index is 13.1. The number of benzene rings is 1. The zero-order valence-electron chi connectivity index (χ0n) is 14.6. The molecule has 2 heterocycles. The van der Waals surface area contributed by atoms with Gasteiger partial charge in [-0.05, 0) is 24.6 Å². The molecule has 1 saturated heterocycles. The molecule has 0 spiro atoms. The minimum Gasteiger partial charge on any atom is -0.340 e. The minimum atomic E-state index is -0.331. The van der Waals surface area contributed by atoms with Gasteiger partial charge in [0.2, 0.25) is 5.91 Å². The standard InChI is InChI=1S/C18H21Cl2FN4O/c1-13-17(20)11-22-25(13)5-4-18(26)24-8-6-23(7-9-24)12-14-2-3-15(21)10-16(14)19/h2-3,10-11H,4-9,12H2,1H3. The van der Waals surface area contributed by atoms with E-state index in [-0.39, 0.29) is 11.7 Å². The molecule has 26 heavy (non-hydrogen) atoms. The summed E-state index contributed by atoms with van der Waals surface area (Å²) in [6.07, 6.45) is 2.00. The van der Waals surface area contributed by atoms with E-state index in [1.165, 1.54) is 12.1 Å². The summed E-state index contributed by atoms with van der Waals surface area (Å²) in [5.74, 6) is -0.210. The third-order valence-electron chi connectivity index (χ3n) is 4.71. The highest BCUT2D eigenvalue weighted by molar-refractivity contribution is 6.31. The van der Waals surface area contributed by atoms with Crippen molar-refractivity contribution < 1.29 is 9.18 Å². The lowest BCUT2D eigenvalue weighted by molar-refractivity contribution is -0.133. The zero-order chi connectivity index (χ0) is 18.7. The number of rotatable bonds is 5. The van der Waals surface area contributed by atoms with Gasteiger partial charge in [0.15, 0.2) is 0 Å². The summed E-state index contributed by atoms with van der Waals surface area (Å²) in [5.41, 5.74) is 1.78.